The Labute approximate surface area is 264 Å². The number of hydrogen-bond acceptors (Lipinski definition) is 9. The fraction of sp³-hybridized carbons (Fsp3) is 0.200. The molecule has 3 aromatic carbocycles. The van der Waals surface area contributed by atoms with E-state index >= 15 is 0 Å². The predicted molar refractivity (Wildman–Crippen MR) is 170 cm³/mol. The molecule has 1 aliphatic rings. The lowest BCUT2D eigenvalue weighted by atomic mass is 9.92. The van der Waals surface area contributed by atoms with Gasteiger partial charge in [0.1, 0.15) is 0 Å². The summed E-state index contributed by atoms with van der Waals surface area (Å²) in [5.41, 5.74) is 1.13. The van der Waals surface area contributed by atoms with Crippen molar-refractivity contribution in [3.05, 3.63) is 106 Å². The Morgan fingerprint density at radius 2 is 1.58 bits per heavy atom. The van der Waals surface area contributed by atoms with Gasteiger partial charge < -0.3 is 5.32 Å². The number of para-hydroxylation sites is 1. The third kappa shape index (κ3) is 6.27. The molecule has 5 aromatic rings. The van der Waals surface area contributed by atoms with Crippen LogP contribution in [-0.4, -0.2) is 47.8 Å². The van der Waals surface area contributed by atoms with Gasteiger partial charge in [-0.05, 0) is 56.0 Å². The Morgan fingerprint density at radius 3 is 2.31 bits per heavy atom. The Balaban J connectivity index is 1.24. The van der Waals surface area contributed by atoms with E-state index in [9.17, 15) is 26.9 Å². The molecule has 0 unspecified atom stereocenters. The van der Waals surface area contributed by atoms with Gasteiger partial charge in [-0.3, -0.25) is 10.1 Å². The first-order valence-corrected chi connectivity index (χ1v) is 17.3. The SMILES string of the molecule is O=[N+]([O-])c1ccc(S(=O)(=O)N[C@H]2CCC[C@@H](Nc3ncc(Cl)c(-c4cn(S(=O)(=O)c5ccccc5)c5ccccc45)n3)C2)cc1. The fourth-order valence-electron chi connectivity index (χ4n) is 5.51. The molecule has 0 spiro atoms. The molecule has 232 valence electrons. The maximum Gasteiger partial charge on any atom is 0.269 e. The molecule has 2 N–H and O–H groups in total. The van der Waals surface area contributed by atoms with Crippen LogP contribution >= 0.6 is 11.6 Å². The summed E-state index contributed by atoms with van der Waals surface area (Å²) in [6, 6.07) is 19.4. The quantitative estimate of drug-likeness (QED) is 0.150. The number of sulfonamides is 1. The minimum Gasteiger partial charge on any atom is -0.351 e. The number of halogens is 1. The van der Waals surface area contributed by atoms with Crippen molar-refractivity contribution in [2.45, 2.75) is 47.6 Å². The van der Waals surface area contributed by atoms with Crippen LogP contribution in [0.1, 0.15) is 25.7 Å². The minimum atomic E-state index is -3.92. The van der Waals surface area contributed by atoms with Gasteiger partial charge in [-0.2, -0.15) is 0 Å². The van der Waals surface area contributed by atoms with Crippen molar-refractivity contribution in [2.24, 2.45) is 0 Å². The second-order valence-electron chi connectivity index (χ2n) is 10.6. The molecule has 6 rings (SSSR count). The fourth-order valence-corrected chi connectivity index (χ4v) is 8.38. The van der Waals surface area contributed by atoms with Crippen molar-refractivity contribution in [1.82, 2.24) is 18.7 Å². The molecular weight excluding hydrogens is 640 g/mol. The van der Waals surface area contributed by atoms with Gasteiger partial charge in [0, 0.05) is 41.4 Å². The zero-order valence-corrected chi connectivity index (χ0v) is 26.0. The van der Waals surface area contributed by atoms with Crippen LogP contribution in [0, 0.1) is 10.1 Å². The van der Waals surface area contributed by atoms with Crippen LogP contribution in [0.25, 0.3) is 22.2 Å². The van der Waals surface area contributed by atoms with Crippen molar-refractivity contribution in [1.29, 1.82) is 0 Å². The molecular formula is C30H27ClN6O6S2. The monoisotopic (exact) mass is 666 g/mol. The largest absolute Gasteiger partial charge is 0.351 e. The van der Waals surface area contributed by atoms with Gasteiger partial charge in [-0.25, -0.2) is 35.5 Å². The molecule has 0 radical (unpaired) electrons. The number of nitrogens with zero attached hydrogens (tertiary/aromatic N) is 4. The topological polar surface area (TPSA) is 166 Å². The van der Waals surface area contributed by atoms with E-state index in [0.29, 0.717) is 35.0 Å². The average Bonchev–Trinajstić information content (AvgIpc) is 3.43. The number of nitrogens with one attached hydrogen (secondary N) is 2. The lowest BCUT2D eigenvalue weighted by Crippen LogP contribution is -2.41. The molecule has 0 amide bonds. The molecule has 0 saturated heterocycles. The normalized spacial score (nSPS) is 17.3. The van der Waals surface area contributed by atoms with Gasteiger partial charge in [0.05, 0.1) is 37.1 Å². The molecule has 2 heterocycles. The number of anilines is 1. The van der Waals surface area contributed by atoms with Crippen LogP contribution in [0.15, 0.2) is 101 Å². The second kappa shape index (κ2) is 12.2. The van der Waals surface area contributed by atoms with Gasteiger partial charge in [-0.15, -0.1) is 0 Å². The standard InChI is InChI=1S/C30H27ClN6O6S2/c31-27-18-32-30(33-20-7-6-8-21(17-20)35-44(40,41)23-15-13-22(14-16-23)37(38)39)34-29(27)26-19-36(28-12-5-4-11-25(26)28)45(42,43)24-9-2-1-3-10-24/h1-5,9-16,18-21,35H,6-8,17H2,(H,32,33,34)/t20-,21+/m1/s1. The third-order valence-corrected chi connectivity index (χ3v) is 11.2. The molecule has 0 aliphatic heterocycles. The van der Waals surface area contributed by atoms with Crippen molar-refractivity contribution in [3.63, 3.8) is 0 Å². The molecule has 0 bridgehead atoms. The van der Waals surface area contributed by atoms with Crippen LogP contribution in [-0.2, 0) is 20.0 Å². The summed E-state index contributed by atoms with van der Waals surface area (Å²) in [7, 11) is -7.82. The number of nitro benzene ring substituents is 1. The van der Waals surface area contributed by atoms with Gasteiger partial charge >= 0.3 is 0 Å². The number of benzene rings is 3. The highest BCUT2D eigenvalue weighted by molar-refractivity contribution is 7.90. The van der Waals surface area contributed by atoms with Gasteiger partial charge in [0.2, 0.25) is 16.0 Å². The Hall–Kier alpha value is -4.37. The van der Waals surface area contributed by atoms with E-state index in [1.54, 1.807) is 42.5 Å². The minimum absolute atomic E-state index is 0.0534. The van der Waals surface area contributed by atoms with E-state index in [0.717, 1.165) is 25.0 Å². The summed E-state index contributed by atoms with van der Waals surface area (Å²) in [4.78, 5) is 19.4. The number of rotatable bonds is 9. The number of aromatic nitrogens is 3. The lowest BCUT2D eigenvalue weighted by Gasteiger charge is -2.30. The zero-order valence-electron chi connectivity index (χ0n) is 23.6. The van der Waals surface area contributed by atoms with Crippen molar-refractivity contribution < 1.29 is 21.8 Å². The average molecular weight is 667 g/mol. The highest BCUT2D eigenvalue weighted by atomic mass is 35.5. The number of non-ortho nitro benzene ring substituents is 1. The first-order chi connectivity index (χ1) is 21.5. The molecule has 15 heteroatoms. The summed E-state index contributed by atoms with van der Waals surface area (Å²) in [5, 5.41) is 15.1. The number of hydrogen-bond donors (Lipinski definition) is 2. The van der Waals surface area contributed by atoms with Gasteiger partial charge in [-0.1, -0.05) is 48.0 Å². The summed E-state index contributed by atoms with van der Waals surface area (Å²) in [6.07, 6.45) is 5.49. The number of fused-ring (bicyclic) bond motifs is 1. The first-order valence-electron chi connectivity index (χ1n) is 14.0. The lowest BCUT2D eigenvalue weighted by molar-refractivity contribution is -0.384. The van der Waals surface area contributed by atoms with E-state index in [-0.39, 0.29) is 38.5 Å². The molecule has 2 aromatic heterocycles. The van der Waals surface area contributed by atoms with Crippen LogP contribution < -0.4 is 10.0 Å². The third-order valence-electron chi connectivity index (χ3n) is 7.66. The van der Waals surface area contributed by atoms with Crippen molar-refractivity contribution >= 4 is 54.2 Å². The maximum atomic E-state index is 13.6. The highest BCUT2D eigenvalue weighted by Crippen LogP contribution is 2.36. The second-order valence-corrected chi connectivity index (χ2v) is 14.6. The predicted octanol–water partition coefficient (Wildman–Crippen LogP) is 5.60. The van der Waals surface area contributed by atoms with Crippen LogP contribution in [0.5, 0.6) is 0 Å². The van der Waals surface area contributed by atoms with Gasteiger partial charge in [0.15, 0.2) is 0 Å². The Morgan fingerprint density at radius 1 is 0.889 bits per heavy atom. The van der Waals surface area contributed by atoms with Crippen LogP contribution in [0.3, 0.4) is 0 Å². The molecule has 1 fully saturated rings. The summed E-state index contributed by atoms with van der Waals surface area (Å²) >= 11 is 6.57. The van der Waals surface area contributed by atoms with E-state index in [4.69, 9.17) is 11.6 Å². The maximum absolute atomic E-state index is 13.6. The summed E-state index contributed by atoms with van der Waals surface area (Å²) in [6.45, 7) is 0. The summed E-state index contributed by atoms with van der Waals surface area (Å²) in [5.74, 6) is 0.265. The first kappa shape index (κ1) is 30.6. The highest BCUT2D eigenvalue weighted by Gasteiger charge is 2.28. The smallest absolute Gasteiger partial charge is 0.269 e. The van der Waals surface area contributed by atoms with E-state index in [2.05, 4.69) is 20.0 Å². The molecule has 1 saturated carbocycles. The zero-order chi connectivity index (χ0) is 31.8. The molecule has 45 heavy (non-hydrogen) atoms. The Bertz CT molecular complexity index is 2110. The van der Waals surface area contributed by atoms with E-state index < -0.39 is 25.0 Å². The van der Waals surface area contributed by atoms with E-state index in [1.165, 1.54) is 40.6 Å². The van der Waals surface area contributed by atoms with Crippen LogP contribution in [0.2, 0.25) is 5.02 Å². The van der Waals surface area contributed by atoms with E-state index in [1.807, 2.05) is 0 Å². The van der Waals surface area contributed by atoms with Crippen molar-refractivity contribution in [3.8, 4) is 11.3 Å². The van der Waals surface area contributed by atoms with Crippen LogP contribution in [0.4, 0.5) is 11.6 Å². The molecule has 2 atom stereocenters. The Kier molecular flexibility index (Phi) is 8.31. The molecule has 1 aliphatic carbocycles. The molecule has 12 nitrogen and oxygen atoms in total. The van der Waals surface area contributed by atoms with Crippen molar-refractivity contribution in [2.75, 3.05) is 5.32 Å². The van der Waals surface area contributed by atoms with Gasteiger partial charge in [0.25, 0.3) is 15.7 Å². The summed E-state index contributed by atoms with van der Waals surface area (Å²) < 4.78 is 57.0. The number of nitro groups is 1.